The average molecular weight is 266 g/mol. The van der Waals surface area contributed by atoms with E-state index in [4.69, 9.17) is 0 Å². The van der Waals surface area contributed by atoms with Crippen LogP contribution in [0.15, 0.2) is 0 Å². The predicted molar refractivity (Wildman–Crippen MR) is 79.1 cm³/mol. The molecule has 2 unspecified atom stereocenters. The van der Waals surface area contributed by atoms with Crippen molar-refractivity contribution in [3.05, 3.63) is 0 Å². The molecule has 0 saturated heterocycles. The fraction of sp³-hybridized carbons (Fsp3) is 1.00. The zero-order valence-electron chi connectivity index (χ0n) is 10.3. The maximum Gasteiger partial charge on any atom is 0.0280 e. The van der Waals surface area contributed by atoms with Crippen LogP contribution in [0.4, 0.5) is 0 Å². The smallest absolute Gasteiger partial charge is 0.0280 e. The van der Waals surface area contributed by atoms with Crippen LogP contribution in [-0.2, 0) is 0 Å². The normalized spacial score (nSPS) is 15.0. The Morgan fingerprint density at radius 1 is 0.938 bits per heavy atom. The Morgan fingerprint density at radius 3 is 2.12 bits per heavy atom. The minimum atomic E-state index is 0.445. The molecule has 0 aromatic carbocycles. The minimum Gasteiger partial charge on any atom is -0.318 e. The first-order valence-corrected chi connectivity index (χ1v) is 7.02. The van der Waals surface area contributed by atoms with Gasteiger partial charge in [0.15, 0.2) is 0 Å². The number of thiol groups is 2. The summed E-state index contributed by atoms with van der Waals surface area (Å²) in [4.78, 5) is 0. The van der Waals surface area contributed by atoms with E-state index < -0.39 is 0 Å². The van der Waals surface area contributed by atoms with Crippen LogP contribution < -0.4 is 21.3 Å². The highest BCUT2D eigenvalue weighted by atomic mass is 32.1. The molecule has 6 heteroatoms. The van der Waals surface area contributed by atoms with E-state index >= 15 is 0 Å². The third kappa shape index (κ3) is 8.66. The molecule has 0 aromatic rings. The van der Waals surface area contributed by atoms with Crippen molar-refractivity contribution in [3.8, 4) is 0 Å². The summed E-state index contributed by atoms with van der Waals surface area (Å²) in [6.45, 7) is 3.86. The standard InChI is InChI=1S/C10H26N4S2/c1-11-5-10(8-16)14-4-3-13-6-9(7-15)12-2/h9-16H,3-8H2,1-2H3. The molecule has 2 atom stereocenters. The average Bonchev–Trinajstić information content (AvgIpc) is 2.32. The maximum absolute atomic E-state index is 4.29. The minimum absolute atomic E-state index is 0.445. The lowest BCUT2D eigenvalue weighted by Gasteiger charge is -2.17. The molecule has 0 aromatic heterocycles. The van der Waals surface area contributed by atoms with Crippen molar-refractivity contribution in [1.29, 1.82) is 0 Å². The van der Waals surface area contributed by atoms with E-state index in [1.54, 1.807) is 0 Å². The van der Waals surface area contributed by atoms with E-state index in [1.165, 1.54) is 0 Å². The highest BCUT2D eigenvalue weighted by Crippen LogP contribution is 1.86. The van der Waals surface area contributed by atoms with Crippen LogP contribution in [0.3, 0.4) is 0 Å². The largest absolute Gasteiger partial charge is 0.318 e. The Hall–Kier alpha value is 0.540. The SMILES string of the molecule is CNCC(CS)NCCNCC(CS)NC. The Kier molecular flexibility index (Phi) is 12.4. The van der Waals surface area contributed by atoms with Crippen molar-refractivity contribution in [1.82, 2.24) is 21.3 Å². The van der Waals surface area contributed by atoms with E-state index in [2.05, 4.69) is 46.5 Å². The van der Waals surface area contributed by atoms with Gasteiger partial charge in [0, 0.05) is 49.8 Å². The Morgan fingerprint density at radius 2 is 1.62 bits per heavy atom. The van der Waals surface area contributed by atoms with Crippen LogP contribution in [0.5, 0.6) is 0 Å². The number of hydrogen-bond donors (Lipinski definition) is 6. The van der Waals surface area contributed by atoms with Gasteiger partial charge >= 0.3 is 0 Å². The van der Waals surface area contributed by atoms with Crippen molar-refractivity contribution in [2.75, 3.05) is 51.8 Å². The van der Waals surface area contributed by atoms with Crippen LogP contribution in [0.25, 0.3) is 0 Å². The van der Waals surface area contributed by atoms with Crippen molar-refractivity contribution in [3.63, 3.8) is 0 Å². The number of likely N-dealkylation sites (N-methyl/N-ethyl adjacent to an activating group) is 2. The van der Waals surface area contributed by atoms with E-state index in [9.17, 15) is 0 Å². The molecule has 4 N–H and O–H groups in total. The van der Waals surface area contributed by atoms with Gasteiger partial charge in [-0.25, -0.2) is 0 Å². The number of rotatable bonds is 11. The van der Waals surface area contributed by atoms with Gasteiger partial charge < -0.3 is 21.3 Å². The first kappa shape index (κ1) is 16.5. The lowest BCUT2D eigenvalue weighted by molar-refractivity contribution is 0.496. The zero-order chi connectivity index (χ0) is 12.2. The summed E-state index contributed by atoms with van der Waals surface area (Å²) in [7, 11) is 3.92. The fourth-order valence-electron chi connectivity index (χ4n) is 1.35. The Labute approximate surface area is 111 Å². The van der Waals surface area contributed by atoms with Crippen LogP contribution in [-0.4, -0.2) is 63.9 Å². The molecule has 4 nitrogen and oxygen atoms in total. The van der Waals surface area contributed by atoms with Gasteiger partial charge in [0.2, 0.25) is 0 Å². The van der Waals surface area contributed by atoms with Crippen molar-refractivity contribution in [2.45, 2.75) is 12.1 Å². The highest BCUT2D eigenvalue weighted by Gasteiger charge is 2.04. The molecule has 98 valence electrons. The maximum atomic E-state index is 4.29. The molecule has 16 heavy (non-hydrogen) atoms. The second kappa shape index (κ2) is 12.0. The highest BCUT2D eigenvalue weighted by molar-refractivity contribution is 7.80. The van der Waals surface area contributed by atoms with Crippen LogP contribution in [0.1, 0.15) is 0 Å². The molecule has 0 aliphatic carbocycles. The van der Waals surface area contributed by atoms with Gasteiger partial charge in [-0.15, -0.1) is 0 Å². The van der Waals surface area contributed by atoms with Gasteiger partial charge in [-0.05, 0) is 14.1 Å². The first-order chi connectivity index (χ1) is 7.78. The summed E-state index contributed by atoms with van der Waals surface area (Å²) in [6, 6.07) is 0.890. The van der Waals surface area contributed by atoms with Gasteiger partial charge in [0.1, 0.15) is 0 Å². The summed E-state index contributed by atoms with van der Waals surface area (Å²) in [6.07, 6.45) is 0. The van der Waals surface area contributed by atoms with E-state index in [1.807, 2.05) is 14.1 Å². The molecule has 0 aliphatic heterocycles. The molecule has 0 rings (SSSR count). The second-order valence-corrected chi connectivity index (χ2v) is 4.49. The van der Waals surface area contributed by atoms with Gasteiger partial charge in [0.25, 0.3) is 0 Å². The lowest BCUT2D eigenvalue weighted by Crippen LogP contribution is -2.44. The van der Waals surface area contributed by atoms with Gasteiger partial charge in [0.05, 0.1) is 0 Å². The van der Waals surface area contributed by atoms with E-state index in [0.717, 1.165) is 37.7 Å². The topological polar surface area (TPSA) is 48.1 Å². The third-order valence-electron chi connectivity index (χ3n) is 2.43. The van der Waals surface area contributed by atoms with Crippen LogP contribution in [0, 0.1) is 0 Å². The lowest BCUT2D eigenvalue weighted by atomic mass is 10.3. The molecule has 0 fully saturated rings. The first-order valence-electron chi connectivity index (χ1n) is 5.76. The fourth-order valence-corrected chi connectivity index (χ4v) is 1.92. The summed E-state index contributed by atoms with van der Waals surface area (Å²) in [5.74, 6) is 1.71. The second-order valence-electron chi connectivity index (χ2n) is 3.76. The van der Waals surface area contributed by atoms with Crippen molar-refractivity contribution in [2.24, 2.45) is 0 Å². The zero-order valence-corrected chi connectivity index (χ0v) is 12.1. The molecule has 0 bridgehead atoms. The summed E-state index contributed by atoms with van der Waals surface area (Å²) in [5, 5.41) is 13.2. The van der Waals surface area contributed by atoms with Crippen molar-refractivity contribution < 1.29 is 0 Å². The number of nitrogens with one attached hydrogen (secondary N) is 4. The predicted octanol–water partition coefficient (Wildman–Crippen LogP) is -0.799. The van der Waals surface area contributed by atoms with E-state index in [0.29, 0.717) is 12.1 Å². The summed E-state index contributed by atoms with van der Waals surface area (Å²) in [5.41, 5.74) is 0. The monoisotopic (exact) mass is 266 g/mol. The third-order valence-corrected chi connectivity index (χ3v) is 3.31. The van der Waals surface area contributed by atoms with Gasteiger partial charge in [-0.2, -0.15) is 25.3 Å². The molecule has 0 radical (unpaired) electrons. The molecule has 0 amide bonds. The quantitative estimate of drug-likeness (QED) is 0.219. The Balaban J connectivity index is 3.37. The molecule has 0 heterocycles. The molecular formula is C10H26N4S2. The Bertz CT molecular complexity index is 145. The van der Waals surface area contributed by atoms with Crippen molar-refractivity contribution >= 4 is 25.3 Å². The molecule has 0 spiro atoms. The summed E-state index contributed by atoms with van der Waals surface area (Å²) >= 11 is 8.55. The van der Waals surface area contributed by atoms with Gasteiger partial charge in [-0.1, -0.05) is 0 Å². The molecule has 0 aliphatic rings. The number of hydrogen-bond acceptors (Lipinski definition) is 6. The van der Waals surface area contributed by atoms with E-state index in [-0.39, 0.29) is 0 Å². The van der Waals surface area contributed by atoms with Crippen LogP contribution >= 0.6 is 25.3 Å². The van der Waals surface area contributed by atoms with Gasteiger partial charge in [-0.3, -0.25) is 0 Å². The van der Waals surface area contributed by atoms with Crippen LogP contribution in [0.2, 0.25) is 0 Å². The molecular weight excluding hydrogens is 240 g/mol. The molecule has 0 saturated carbocycles. The summed E-state index contributed by atoms with van der Waals surface area (Å²) < 4.78 is 0.